The summed E-state index contributed by atoms with van der Waals surface area (Å²) in [5.41, 5.74) is 0. The van der Waals surface area contributed by atoms with Gasteiger partial charge < -0.3 is 10.6 Å². The van der Waals surface area contributed by atoms with Gasteiger partial charge >= 0.3 is 0 Å². The van der Waals surface area contributed by atoms with Crippen LogP contribution in [0.4, 0.5) is 0 Å². The van der Waals surface area contributed by atoms with E-state index in [-0.39, 0.29) is 11.9 Å². The van der Waals surface area contributed by atoms with Crippen LogP contribution in [-0.4, -0.2) is 25.0 Å². The van der Waals surface area contributed by atoms with Crippen molar-refractivity contribution in [1.29, 1.82) is 0 Å². The van der Waals surface area contributed by atoms with Gasteiger partial charge in [0.05, 0.1) is 6.04 Å². The van der Waals surface area contributed by atoms with Crippen molar-refractivity contribution in [3.05, 3.63) is 0 Å². The van der Waals surface area contributed by atoms with Crippen molar-refractivity contribution in [2.24, 2.45) is 5.92 Å². The molecule has 1 saturated heterocycles. The third-order valence-corrected chi connectivity index (χ3v) is 3.14. The van der Waals surface area contributed by atoms with E-state index < -0.39 is 0 Å². The van der Waals surface area contributed by atoms with Crippen molar-refractivity contribution in [3.8, 4) is 0 Å². The molecule has 0 bridgehead atoms. The summed E-state index contributed by atoms with van der Waals surface area (Å²) in [7, 11) is 0. The fraction of sp³-hybridized carbons (Fsp3) is 0.917. The molecule has 1 heterocycles. The van der Waals surface area contributed by atoms with Gasteiger partial charge in [-0.1, -0.05) is 33.1 Å². The lowest BCUT2D eigenvalue weighted by Gasteiger charge is -2.15. The van der Waals surface area contributed by atoms with Gasteiger partial charge in [0.25, 0.3) is 0 Å². The van der Waals surface area contributed by atoms with E-state index in [0.29, 0.717) is 5.92 Å². The maximum absolute atomic E-state index is 11.7. The average molecular weight is 212 g/mol. The lowest BCUT2D eigenvalue weighted by Crippen LogP contribution is -2.43. The minimum atomic E-state index is 0.0520. The molecular weight excluding hydrogens is 188 g/mol. The molecule has 0 spiro atoms. The molecule has 1 aliphatic heterocycles. The summed E-state index contributed by atoms with van der Waals surface area (Å²) in [6.07, 6.45) is 5.97. The first kappa shape index (κ1) is 12.5. The first-order chi connectivity index (χ1) is 7.25. The van der Waals surface area contributed by atoms with Crippen LogP contribution in [0.1, 0.15) is 46.0 Å². The van der Waals surface area contributed by atoms with Crippen LogP contribution in [0.25, 0.3) is 0 Å². The molecule has 1 fully saturated rings. The minimum absolute atomic E-state index is 0.0520. The smallest absolute Gasteiger partial charge is 0.237 e. The molecule has 2 N–H and O–H groups in total. The van der Waals surface area contributed by atoms with E-state index in [1.807, 2.05) is 0 Å². The summed E-state index contributed by atoms with van der Waals surface area (Å²) in [6, 6.07) is 0.0520. The number of carbonyl (C=O) groups excluding carboxylic acids is 1. The van der Waals surface area contributed by atoms with Crippen LogP contribution in [0.15, 0.2) is 0 Å². The summed E-state index contributed by atoms with van der Waals surface area (Å²) in [5, 5.41) is 6.26. The van der Waals surface area contributed by atoms with Crippen LogP contribution < -0.4 is 10.6 Å². The molecule has 0 saturated carbocycles. The van der Waals surface area contributed by atoms with Gasteiger partial charge in [-0.3, -0.25) is 4.79 Å². The van der Waals surface area contributed by atoms with Crippen LogP contribution in [0.3, 0.4) is 0 Å². The molecule has 3 heteroatoms. The number of hydrogen-bond donors (Lipinski definition) is 2. The Labute approximate surface area is 93.0 Å². The summed E-state index contributed by atoms with van der Waals surface area (Å²) in [5.74, 6) is 0.678. The number of carbonyl (C=O) groups is 1. The highest BCUT2D eigenvalue weighted by Crippen LogP contribution is 2.14. The Kier molecular flexibility index (Phi) is 5.69. The van der Waals surface area contributed by atoms with Gasteiger partial charge in [0.2, 0.25) is 5.91 Å². The zero-order valence-electron chi connectivity index (χ0n) is 10.0. The Morgan fingerprint density at radius 1 is 1.40 bits per heavy atom. The van der Waals surface area contributed by atoms with Crippen LogP contribution in [0.2, 0.25) is 0 Å². The van der Waals surface area contributed by atoms with E-state index in [4.69, 9.17) is 0 Å². The maximum atomic E-state index is 11.7. The highest BCUT2D eigenvalue weighted by atomic mass is 16.2. The Morgan fingerprint density at radius 2 is 2.20 bits per heavy atom. The van der Waals surface area contributed by atoms with Crippen molar-refractivity contribution in [3.63, 3.8) is 0 Å². The summed E-state index contributed by atoms with van der Waals surface area (Å²) in [6.45, 7) is 6.16. The highest BCUT2D eigenvalue weighted by molar-refractivity contribution is 5.82. The lowest BCUT2D eigenvalue weighted by molar-refractivity contribution is -0.123. The summed E-state index contributed by atoms with van der Waals surface area (Å²) in [4.78, 5) is 11.7. The monoisotopic (exact) mass is 212 g/mol. The predicted octanol–water partition coefficient (Wildman–Crippen LogP) is 1.68. The third-order valence-electron chi connectivity index (χ3n) is 3.14. The number of nitrogens with one attached hydrogen (secondary N) is 2. The van der Waals surface area contributed by atoms with Gasteiger partial charge in [0, 0.05) is 6.54 Å². The van der Waals surface area contributed by atoms with E-state index >= 15 is 0 Å². The number of amides is 1. The molecule has 1 amide bonds. The molecule has 2 atom stereocenters. The average Bonchev–Trinajstić information content (AvgIpc) is 2.64. The van der Waals surface area contributed by atoms with E-state index in [1.165, 1.54) is 19.3 Å². The molecule has 1 aliphatic rings. The first-order valence-electron chi connectivity index (χ1n) is 6.26. The number of unbranched alkanes of at least 4 members (excludes halogenated alkanes) is 3. The molecule has 15 heavy (non-hydrogen) atoms. The molecule has 0 aromatic heterocycles. The summed E-state index contributed by atoms with van der Waals surface area (Å²) >= 11 is 0. The normalized spacial score (nSPS) is 25.5. The van der Waals surface area contributed by atoms with E-state index in [9.17, 15) is 4.79 Å². The molecule has 2 unspecified atom stereocenters. The van der Waals surface area contributed by atoms with Gasteiger partial charge in [-0.15, -0.1) is 0 Å². The molecule has 0 aromatic carbocycles. The van der Waals surface area contributed by atoms with E-state index in [1.54, 1.807) is 0 Å². The van der Waals surface area contributed by atoms with Crippen molar-refractivity contribution >= 4 is 5.91 Å². The number of rotatable bonds is 6. The number of hydrogen-bond acceptors (Lipinski definition) is 2. The van der Waals surface area contributed by atoms with Gasteiger partial charge in [0.1, 0.15) is 0 Å². The third kappa shape index (κ3) is 4.20. The zero-order chi connectivity index (χ0) is 11.1. The van der Waals surface area contributed by atoms with Gasteiger partial charge in [-0.25, -0.2) is 0 Å². The zero-order valence-corrected chi connectivity index (χ0v) is 10.0. The molecule has 1 rings (SSSR count). The second kappa shape index (κ2) is 6.83. The van der Waals surface area contributed by atoms with Crippen LogP contribution in [-0.2, 0) is 4.79 Å². The maximum Gasteiger partial charge on any atom is 0.237 e. The topological polar surface area (TPSA) is 41.1 Å². The SMILES string of the molecule is CCCCCCNC(=O)C1NCCC1C. The van der Waals surface area contributed by atoms with E-state index in [2.05, 4.69) is 24.5 Å². The van der Waals surface area contributed by atoms with Crippen LogP contribution in [0, 0.1) is 5.92 Å². The molecule has 88 valence electrons. The molecule has 0 aromatic rings. The fourth-order valence-electron chi connectivity index (χ4n) is 2.06. The molecule has 0 radical (unpaired) electrons. The Morgan fingerprint density at radius 3 is 2.80 bits per heavy atom. The second-order valence-corrected chi connectivity index (χ2v) is 4.55. The van der Waals surface area contributed by atoms with Gasteiger partial charge in [0.15, 0.2) is 0 Å². The fourth-order valence-corrected chi connectivity index (χ4v) is 2.06. The van der Waals surface area contributed by atoms with Crippen molar-refractivity contribution < 1.29 is 4.79 Å². The minimum Gasteiger partial charge on any atom is -0.355 e. The molecule has 3 nitrogen and oxygen atoms in total. The van der Waals surface area contributed by atoms with Crippen LogP contribution >= 0.6 is 0 Å². The van der Waals surface area contributed by atoms with Crippen molar-refractivity contribution in [2.75, 3.05) is 13.1 Å². The lowest BCUT2D eigenvalue weighted by atomic mass is 10.0. The van der Waals surface area contributed by atoms with Crippen molar-refractivity contribution in [1.82, 2.24) is 10.6 Å². The van der Waals surface area contributed by atoms with Crippen molar-refractivity contribution in [2.45, 2.75) is 52.0 Å². The Balaban J connectivity index is 2.08. The quantitative estimate of drug-likeness (QED) is 0.658. The molecule has 0 aliphatic carbocycles. The highest BCUT2D eigenvalue weighted by Gasteiger charge is 2.28. The van der Waals surface area contributed by atoms with Crippen LogP contribution in [0.5, 0.6) is 0 Å². The van der Waals surface area contributed by atoms with Gasteiger partial charge in [-0.05, 0) is 25.3 Å². The van der Waals surface area contributed by atoms with E-state index in [0.717, 1.165) is 25.9 Å². The van der Waals surface area contributed by atoms with Gasteiger partial charge in [-0.2, -0.15) is 0 Å². The Bertz CT molecular complexity index is 194. The standard InChI is InChI=1S/C12H24N2O/c1-3-4-5-6-8-14-12(15)11-10(2)7-9-13-11/h10-11,13H,3-9H2,1-2H3,(H,14,15). The molecular formula is C12H24N2O. The second-order valence-electron chi connectivity index (χ2n) is 4.55. The first-order valence-corrected chi connectivity index (χ1v) is 6.26. The Hall–Kier alpha value is -0.570. The summed E-state index contributed by atoms with van der Waals surface area (Å²) < 4.78 is 0. The largest absolute Gasteiger partial charge is 0.355 e. The predicted molar refractivity (Wildman–Crippen MR) is 62.7 cm³/mol.